The quantitative estimate of drug-likeness (QED) is 0.613. The molecule has 1 aromatic carbocycles. The first-order valence-electron chi connectivity index (χ1n) is 8.83. The Bertz CT molecular complexity index is 826. The topological polar surface area (TPSA) is 83.4 Å². The van der Waals surface area contributed by atoms with Gasteiger partial charge in [0.2, 0.25) is 5.96 Å². The van der Waals surface area contributed by atoms with Gasteiger partial charge in [0.15, 0.2) is 0 Å². The standard InChI is InChI=1S/C18H27FN4O3S/c1-18(2,3)26-17(24)22-16(20-4)23-12-8-7-11-21-27(23,25)13-14-9-5-6-10-15(14)19/h5-6,9-10H,7-8,11-13H2,1-4H3,(H,20,22,24). The van der Waals surface area contributed by atoms with Crippen molar-refractivity contribution in [1.29, 1.82) is 0 Å². The van der Waals surface area contributed by atoms with Crippen LogP contribution in [0.5, 0.6) is 0 Å². The van der Waals surface area contributed by atoms with Crippen LogP contribution in [0.25, 0.3) is 0 Å². The van der Waals surface area contributed by atoms with Gasteiger partial charge in [0, 0.05) is 19.2 Å². The molecule has 1 amide bonds. The third-order valence-electron chi connectivity index (χ3n) is 3.77. The number of ether oxygens (including phenoxy) is 1. The second-order valence-electron chi connectivity index (χ2n) is 7.18. The van der Waals surface area contributed by atoms with Crippen LogP contribution in [0.3, 0.4) is 0 Å². The van der Waals surface area contributed by atoms with Crippen molar-refractivity contribution in [2.75, 3.05) is 20.1 Å². The summed E-state index contributed by atoms with van der Waals surface area (Å²) in [6.07, 6.45) is 0.793. The van der Waals surface area contributed by atoms with Crippen molar-refractivity contribution < 1.29 is 18.1 Å². The van der Waals surface area contributed by atoms with Crippen LogP contribution in [0.2, 0.25) is 0 Å². The summed E-state index contributed by atoms with van der Waals surface area (Å²) in [5.41, 5.74) is -0.369. The lowest BCUT2D eigenvalue weighted by molar-refractivity contribution is 0.0559. The summed E-state index contributed by atoms with van der Waals surface area (Å²) in [6, 6.07) is 6.18. The summed E-state index contributed by atoms with van der Waals surface area (Å²) in [4.78, 5) is 16.2. The number of carbonyl (C=O) groups is 1. The van der Waals surface area contributed by atoms with Crippen LogP contribution < -0.4 is 5.32 Å². The number of rotatable bonds is 2. The molecule has 0 radical (unpaired) electrons. The molecule has 1 N–H and O–H groups in total. The number of carbonyl (C=O) groups excluding carboxylic acids is 1. The van der Waals surface area contributed by atoms with Crippen molar-refractivity contribution in [1.82, 2.24) is 9.62 Å². The molecular weight excluding hydrogens is 371 g/mol. The number of aliphatic imine (C=N–C) groups is 1. The molecule has 0 spiro atoms. The highest BCUT2D eigenvalue weighted by Crippen LogP contribution is 2.20. The number of hydrogen-bond acceptors (Lipinski definition) is 5. The van der Waals surface area contributed by atoms with E-state index < -0.39 is 27.4 Å². The molecule has 1 aliphatic heterocycles. The Kier molecular flexibility index (Phi) is 6.80. The lowest BCUT2D eigenvalue weighted by Crippen LogP contribution is -2.48. The summed E-state index contributed by atoms with van der Waals surface area (Å²) in [5.74, 6) is -0.416. The number of nitrogens with zero attached hydrogens (tertiary/aromatic N) is 3. The maximum absolute atomic E-state index is 14.1. The normalized spacial score (nSPS) is 21.2. The van der Waals surface area contributed by atoms with Gasteiger partial charge >= 0.3 is 6.09 Å². The van der Waals surface area contributed by atoms with Crippen LogP contribution in [-0.4, -0.2) is 46.3 Å². The minimum absolute atomic E-state index is 0.0886. The van der Waals surface area contributed by atoms with Gasteiger partial charge in [-0.1, -0.05) is 18.2 Å². The monoisotopic (exact) mass is 398 g/mol. The van der Waals surface area contributed by atoms with E-state index in [1.54, 1.807) is 39.0 Å². The summed E-state index contributed by atoms with van der Waals surface area (Å²) in [6.45, 7) is 6.04. The van der Waals surface area contributed by atoms with Crippen LogP contribution in [0.4, 0.5) is 9.18 Å². The molecule has 1 heterocycles. The molecule has 1 aliphatic rings. The molecule has 1 atom stereocenters. The van der Waals surface area contributed by atoms with E-state index in [9.17, 15) is 13.4 Å². The molecule has 0 aromatic heterocycles. The van der Waals surface area contributed by atoms with E-state index in [1.165, 1.54) is 17.4 Å². The van der Waals surface area contributed by atoms with E-state index in [2.05, 4.69) is 14.7 Å². The molecule has 7 nitrogen and oxygen atoms in total. The van der Waals surface area contributed by atoms with E-state index in [-0.39, 0.29) is 11.7 Å². The lowest BCUT2D eigenvalue weighted by atomic mass is 10.2. The second-order valence-corrected chi connectivity index (χ2v) is 9.38. The van der Waals surface area contributed by atoms with E-state index in [0.717, 1.165) is 12.8 Å². The summed E-state index contributed by atoms with van der Waals surface area (Å²) >= 11 is 0. The van der Waals surface area contributed by atoms with Crippen molar-refractivity contribution in [2.24, 2.45) is 9.36 Å². The van der Waals surface area contributed by atoms with E-state index in [4.69, 9.17) is 4.74 Å². The van der Waals surface area contributed by atoms with Crippen molar-refractivity contribution in [2.45, 2.75) is 45.0 Å². The van der Waals surface area contributed by atoms with Crippen molar-refractivity contribution >= 4 is 22.0 Å². The van der Waals surface area contributed by atoms with Crippen LogP contribution >= 0.6 is 0 Å². The molecule has 2 rings (SSSR count). The average Bonchev–Trinajstić information content (AvgIpc) is 2.75. The predicted molar refractivity (Wildman–Crippen MR) is 104 cm³/mol. The van der Waals surface area contributed by atoms with Crippen molar-refractivity contribution in [3.8, 4) is 0 Å². The molecule has 27 heavy (non-hydrogen) atoms. The molecule has 0 aliphatic carbocycles. The molecular formula is C18H27FN4O3S. The Balaban J connectivity index is 2.31. The number of amides is 1. The SMILES string of the molecule is CN=C(NC(=O)OC(C)(C)C)N1CCCCN=S1(=O)Cc1ccccc1F. The minimum Gasteiger partial charge on any atom is -0.444 e. The highest BCUT2D eigenvalue weighted by Gasteiger charge is 2.29. The number of alkyl carbamates (subject to hydrolysis) is 1. The maximum atomic E-state index is 14.1. The first kappa shape index (κ1) is 21.1. The van der Waals surface area contributed by atoms with Gasteiger partial charge in [-0.2, -0.15) is 0 Å². The predicted octanol–water partition coefficient (Wildman–Crippen LogP) is 3.32. The molecule has 1 aromatic rings. The summed E-state index contributed by atoms with van der Waals surface area (Å²) in [7, 11) is -1.54. The van der Waals surface area contributed by atoms with Crippen molar-refractivity contribution in [3.05, 3.63) is 35.6 Å². The summed E-state index contributed by atoms with van der Waals surface area (Å²) in [5, 5.41) is 2.56. The fraction of sp³-hybridized carbons (Fsp3) is 0.556. The molecule has 0 saturated heterocycles. The fourth-order valence-electron chi connectivity index (χ4n) is 2.59. The van der Waals surface area contributed by atoms with Gasteiger partial charge in [-0.25, -0.2) is 17.8 Å². The van der Waals surface area contributed by atoms with E-state index >= 15 is 0 Å². The Morgan fingerprint density at radius 3 is 2.70 bits per heavy atom. The van der Waals surface area contributed by atoms with Gasteiger partial charge in [-0.15, -0.1) is 0 Å². The zero-order chi connectivity index (χ0) is 20.1. The third kappa shape index (κ3) is 5.92. The average molecular weight is 399 g/mol. The van der Waals surface area contributed by atoms with Crippen LogP contribution in [-0.2, 0) is 20.4 Å². The lowest BCUT2D eigenvalue weighted by Gasteiger charge is -2.28. The molecule has 150 valence electrons. The van der Waals surface area contributed by atoms with Gasteiger partial charge in [0.25, 0.3) is 0 Å². The van der Waals surface area contributed by atoms with Gasteiger partial charge in [0.05, 0.1) is 12.3 Å². The number of nitrogens with one attached hydrogen (secondary N) is 1. The van der Waals surface area contributed by atoms with Gasteiger partial charge < -0.3 is 4.74 Å². The third-order valence-corrected chi connectivity index (χ3v) is 6.09. The van der Waals surface area contributed by atoms with Crippen molar-refractivity contribution in [3.63, 3.8) is 0 Å². The Hall–Kier alpha value is -2.16. The van der Waals surface area contributed by atoms with Crippen LogP contribution in [0.1, 0.15) is 39.2 Å². The maximum Gasteiger partial charge on any atom is 0.414 e. The number of guanidine groups is 1. The zero-order valence-electron chi connectivity index (χ0n) is 16.2. The fourth-order valence-corrected chi connectivity index (χ4v) is 4.85. The highest BCUT2D eigenvalue weighted by molar-refractivity contribution is 7.91. The van der Waals surface area contributed by atoms with Gasteiger partial charge in [0.1, 0.15) is 21.3 Å². The Labute approximate surface area is 160 Å². The Morgan fingerprint density at radius 1 is 1.37 bits per heavy atom. The second kappa shape index (κ2) is 8.69. The highest BCUT2D eigenvalue weighted by atomic mass is 32.2. The molecule has 0 fully saturated rings. The molecule has 0 bridgehead atoms. The van der Waals surface area contributed by atoms with Crippen LogP contribution in [0.15, 0.2) is 33.6 Å². The minimum atomic E-state index is -3.03. The first-order chi connectivity index (χ1) is 12.6. The number of hydrogen-bond donors (Lipinski definition) is 1. The summed E-state index contributed by atoms with van der Waals surface area (Å²) < 4.78 is 38.8. The first-order valence-corrected chi connectivity index (χ1v) is 10.5. The van der Waals surface area contributed by atoms with E-state index in [0.29, 0.717) is 18.7 Å². The number of halogens is 1. The zero-order valence-corrected chi connectivity index (χ0v) is 17.0. The molecule has 1 unspecified atom stereocenters. The van der Waals surface area contributed by atoms with E-state index in [1.807, 2.05) is 0 Å². The van der Waals surface area contributed by atoms with Crippen LogP contribution in [0, 0.1) is 5.82 Å². The Morgan fingerprint density at radius 2 is 2.07 bits per heavy atom. The largest absolute Gasteiger partial charge is 0.444 e. The molecule has 9 heteroatoms. The molecule has 0 saturated carbocycles. The number of benzene rings is 1. The smallest absolute Gasteiger partial charge is 0.414 e. The van der Waals surface area contributed by atoms with Gasteiger partial charge in [-0.3, -0.25) is 14.6 Å². The van der Waals surface area contributed by atoms with Gasteiger partial charge in [-0.05, 0) is 39.7 Å².